The van der Waals surface area contributed by atoms with E-state index in [4.69, 9.17) is 10.9 Å². The summed E-state index contributed by atoms with van der Waals surface area (Å²) in [4.78, 5) is 2.31. The lowest BCUT2D eigenvalue weighted by Gasteiger charge is -2.28. The second kappa shape index (κ2) is 5.87. The van der Waals surface area contributed by atoms with Gasteiger partial charge in [0.15, 0.2) is 5.84 Å². The SMILES string of the molecule is CCC(C(N)=NO)N1CCCc2ccccc2C1. The minimum absolute atomic E-state index is 0.0288. The monoisotopic (exact) mass is 247 g/mol. The molecule has 1 aromatic rings. The minimum atomic E-state index is 0.0288. The third-order valence-corrected chi connectivity index (χ3v) is 3.67. The van der Waals surface area contributed by atoms with E-state index in [-0.39, 0.29) is 6.04 Å². The maximum atomic E-state index is 8.87. The van der Waals surface area contributed by atoms with Crippen LogP contribution in [0.25, 0.3) is 0 Å². The molecule has 1 heterocycles. The first-order chi connectivity index (χ1) is 8.76. The van der Waals surface area contributed by atoms with E-state index in [0.717, 1.165) is 32.4 Å². The highest BCUT2D eigenvalue weighted by molar-refractivity contribution is 5.85. The van der Waals surface area contributed by atoms with Gasteiger partial charge in [0.05, 0.1) is 6.04 Å². The molecule has 0 spiro atoms. The molecule has 1 unspecified atom stereocenters. The molecule has 0 bridgehead atoms. The van der Waals surface area contributed by atoms with Crippen LogP contribution in [-0.4, -0.2) is 28.5 Å². The van der Waals surface area contributed by atoms with Gasteiger partial charge in [-0.3, -0.25) is 4.90 Å². The zero-order valence-electron chi connectivity index (χ0n) is 10.8. The molecule has 98 valence electrons. The van der Waals surface area contributed by atoms with E-state index >= 15 is 0 Å². The molecule has 0 aromatic heterocycles. The molecular weight excluding hydrogens is 226 g/mol. The lowest BCUT2D eigenvalue weighted by molar-refractivity contribution is 0.223. The van der Waals surface area contributed by atoms with Crippen molar-refractivity contribution in [3.8, 4) is 0 Å². The Morgan fingerprint density at radius 3 is 2.83 bits per heavy atom. The lowest BCUT2D eigenvalue weighted by Crippen LogP contribution is -2.44. The van der Waals surface area contributed by atoms with Crippen LogP contribution in [-0.2, 0) is 13.0 Å². The van der Waals surface area contributed by atoms with E-state index in [2.05, 4.69) is 41.2 Å². The number of benzene rings is 1. The lowest BCUT2D eigenvalue weighted by atomic mass is 10.0. The molecule has 0 radical (unpaired) electrons. The fraction of sp³-hybridized carbons (Fsp3) is 0.500. The van der Waals surface area contributed by atoms with E-state index < -0.39 is 0 Å². The third-order valence-electron chi connectivity index (χ3n) is 3.67. The van der Waals surface area contributed by atoms with Gasteiger partial charge < -0.3 is 10.9 Å². The van der Waals surface area contributed by atoms with Crippen molar-refractivity contribution in [3.63, 3.8) is 0 Å². The number of hydrogen-bond acceptors (Lipinski definition) is 3. The highest BCUT2D eigenvalue weighted by atomic mass is 16.4. The molecule has 0 amide bonds. The largest absolute Gasteiger partial charge is 0.409 e. The molecule has 3 N–H and O–H groups in total. The molecule has 0 saturated heterocycles. The molecule has 4 heteroatoms. The molecule has 2 rings (SSSR count). The number of rotatable bonds is 3. The first-order valence-corrected chi connectivity index (χ1v) is 6.54. The molecule has 1 aliphatic rings. The smallest absolute Gasteiger partial charge is 0.156 e. The standard InChI is InChI=1S/C14H21N3O/c1-2-13(14(15)16-18)17-9-5-8-11-6-3-4-7-12(11)10-17/h3-4,6-7,13,18H,2,5,8-10H2,1H3,(H2,15,16). The molecule has 1 aromatic carbocycles. The Kier molecular flexibility index (Phi) is 4.20. The average molecular weight is 247 g/mol. The van der Waals surface area contributed by atoms with Crippen LogP contribution in [0, 0.1) is 0 Å². The Hall–Kier alpha value is -1.55. The van der Waals surface area contributed by atoms with Crippen molar-refractivity contribution in [2.24, 2.45) is 10.9 Å². The van der Waals surface area contributed by atoms with E-state index in [1.54, 1.807) is 0 Å². The normalized spacial score (nSPS) is 19.1. The van der Waals surface area contributed by atoms with Crippen LogP contribution in [0.2, 0.25) is 0 Å². The first kappa shape index (κ1) is 12.9. The minimum Gasteiger partial charge on any atom is -0.409 e. The summed E-state index contributed by atoms with van der Waals surface area (Å²) >= 11 is 0. The fourth-order valence-corrected chi connectivity index (χ4v) is 2.71. The number of nitrogens with zero attached hydrogens (tertiary/aromatic N) is 2. The zero-order chi connectivity index (χ0) is 13.0. The summed E-state index contributed by atoms with van der Waals surface area (Å²) in [6.45, 7) is 3.94. The van der Waals surface area contributed by atoms with Crippen LogP contribution >= 0.6 is 0 Å². The van der Waals surface area contributed by atoms with Crippen LogP contribution in [0.5, 0.6) is 0 Å². The van der Waals surface area contributed by atoms with Crippen molar-refractivity contribution in [2.45, 2.75) is 38.8 Å². The van der Waals surface area contributed by atoms with Crippen molar-refractivity contribution in [3.05, 3.63) is 35.4 Å². The van der Waals surface area contributed by atoms with Crippen LogP contribution in [0.4, 0.5) is 0 Å². The highest BCUT2D eigenvalue weighted by Crippen LogP contribution is 2.21. The van der Waals surface area contributed by atoms with Crippen LogP contribution in [0.15, 0.2) is 29.4 Å². The molecule has 0 aliphatic carbocycles. The second-order valence-electron chi connectivity index (χ2n) is 4.79. The van der Waals surface area contributed by atoms with Crippen LogP contribution in [0.3, 0.4) is 0 Å². The molecule has 4 nitrogen and oxygen atoms in total. The summed E-state index contributed by atoms with van der Waals surface area (Å²) in [5.74, 6) is 0.317. The van der Waals surface area contributed by atoms with Crippen molar-refractivity contribution < 1.29 is 5.21 Å². The Morgan fingerprint density at radius 2 is 2.17 bits per heavy atom. The van der Waals surface area contributed by atoms with Gasteiger partial charge in [0.25, 0.3) is 0 Å². The van der Waals surface area contributed by atoms with E-state index in [1.165, 1.54) is 11.1 Å². The Bertz CT molecular complexity index is 431. The predicted molar refractivity (Wildman–Crippen MR) is 72.7 cm³/mol. The van der Waals surface area contributed by atoms with Gasteiger partial charge in [-0.25, -0.2) is 0 Å². The van der Waals surface area contributed by atoms with E-state index in [0.29, 0.717) is 5.84 Å². The zero-order valence-corrected chi connectivity index (χ0v) is 10.8. The van der Waals surface area contributed by atoms with Gasteiger partial charge in [0.2, 0.25) is 0 Å². The molecule has 0 saturated carbocycles. The van der Waals surface area contributed by atoms with Crippen molar-refractivity contribution in [2.75, 3.05) is 6.54 Å². The number of aryl methyl sites for hydroxylation is 1. The maximum Gasteiger partial charge on any atom is 0.156 e. The fourth-order valence-electron chi connectivity index (χ4n) is 2.71. The number of nitrogens with two attached hydrogens (primary N) is 1. The van der Waals surface area contributed by atoms with E-state index in [9.17, 15) is 0 Å². The quantitative estimate of drug-likeness (QED) is 0.371. The van der Waals surface area contributed by atoms with Gasteiger partial charge in [-0.15, -0.1) is 0 Å². The van der Waals surface area contributed by atoms with Gasteiger partial charge in [-0.05, 0) is 36.9 Å². The number of hydrogen-bond donors (Lipinski definition) is 2. The molecule has 0 fully saturated rings. The Balaban J connectivity index is 2.21. The maximum absolute atomic E-state index is 8.87. The number of amidine groups is 1. The van der Waals surface area contributed by atoms with Crippen molar-refractivity contribution in [1.29, 1.82) is 0 Å². The summed E-state index contributed by atoms with van der Waals surface area (Å²) in [7, 11) is 0. The Labute approximate surface area is 108 Å². The number of oxime groups is 1. The van der Waals surface area contributed by atoms with Crippen molar-refractivity contribution in [1.82, 2.24) is 4.90 Å². The topological polar surface area (TPSA) is 61.9 Å². The van der Waals surface area contributed by atoms with Gasteiger partial charge in [-0.2, -0.15) is 0 Å². The van der Waals surface area contributed by atoms with Gasteiger partial charge >= 0.3 is 0 Å². The molecule has 1 aliphatic heterocycles. The van der Waals surface area contributed by atoms with Gasteiger partial charge in [0.1, 0.15) is 0 Å². The number of fused-ring (bicyclic) bond motifs is 1. The molecule has 18 heavy (non-hydrogen) atoms. The van der Waals surface area contributed by atoms with Crippen LogP contribution in [0.1, 0.15) is 30.9 Å². The summed E-state index contributed by atoms with van der Waals surface area (Å²) in [5, 5.41) is 12.0. The van der Waals surface area contributed by atoms with Gasteiger partial charge in [-0.1, -0.05) is 36.3 Å². The summed E-state index contributed by atoms with van der Waals surface area (Å²) < 4.78 is 0. The second-order valence-corrected chi connectivity index (χ2v) is 4.79. The summed E-state index contributed by atoms with van der Waals surface area (Å²) in [5.41, 5.74) is 8.57. The third kappa shape index (κ3) is 2.64. The predicted octanol–water partition coefficient (Wildman–Crippen LogP) is 1.96. The van der Waals surface area contributed by atoms with Crippen LogP contribution < -0.4 is 5.73 Å². The molecular formula is C14H21N3O. The summed E-state index contributed by atoms with van der Waals surface area (Å²) in [6, 6.07) is 8.57. The van der Waals surface area contributed by atoms with E-state index in [1.807, 2.05) is 0 Å². The summed E-state index contributed by atoms with van der Waals surface area (Å²) in [6.07, 6.45) is 3.09. The highest BCUT2D eigenvalue weighted by Gasteiger charge is 2.23. The Morgan fingerprint density at radius 1 is 1.44 bits per heavy atom. The van der Waals surface area contributed by atoms with Gasteiger partial charge in [0, 0.05) is 6.54 Å². The van der Waals surface area contributed by atoms with Crippen molar-refractivity contribution >= 4 is 5.84 Å². The molecule has 1 atom stereocenters. The average Bonchev–Trinajstić information content (AvgIpc) is 2.61. The first-order valence-electron chi connectivity index (χ1n) is 6.54.